The van der Waals surface area contributed by atoms with E-state index in [1.807, 2.05) is 31.2 Å². The van der Waals surface area contributed by atoms with Crippen LogP contribution in [0.5, 0.6) is 0 Å². The van der Waals surface area contributed by atoms with Crippen LogP contribution in [0.4, 0.5) is 11.4 Å². The summed E-state index contributed by atoms with van der Waals surface area (Å²) in [5.41, 5.74) is 4.00. The van der Waals surface area contributed by atoms with Gasteiger partial charge in [0, 0.05) is 37.1 Å². The van der Waals surface area contributed by atoms with Crippen molar-refractivity contribution >= 4 is 38.3 Å². The molecular formula is C25H29N3O5S. The number of sulfonamides is 1. The molecule has 1 amide bonds. The Bertz CT molecular complexity index is 1310. The van der Waals surface area contributed by atoms with E-state index in [4.69, 9.17) is 9.15 Å². The van der Waals surface area contributed by atoms with Gasteiger partial charge in [0.25, 0.3) is 0 Å². The van der Waals surface area contributed by atoms with Crippen molar-refractivity contribution in [2.24, 2.45) is 0 Å². The highest BCUT2D eigenvalue weighted by molar-refractivity contribution is 7.89. The quantitative estimate of drug-likeness (QED) is 0.577. The number of carbonyl (C=O) groups is 1. The fourth-order valence-corrected chi connectivity index (χ4v) is 6.07. The molecule has 3 aromatic rings. The predicted molar refractivity (Wildman–Crippen MR) is 131 cm³/mol. The highest BCUT2D eigenvalue weighted by Crippen LogP contribution is 2.33. The molecule has 3 heterocycles. The highest BCUT2D eigenvalue weighted by atomic mass is 32.2. The van der Waals surface area contributed by atoms with E-state index in [-0.39, 0.29) is 17.2 Å². The van der Waals surface area contributed by atoms with E-state index < -0.39 is 10.0 Å². The first kappa shape index (κ1) is 22.9. The number of rotatable bonds is 6. The van der Waals surface area contributed by atoms with Crippen molar-refractivity contribution in [3.05, 3.63) is 53.8 Å². The number of hydrogen-bond acceptors (Lipinski definition) is 6. The van der Waals surface area contributed by atoms with Gasteiger partial charge in [0.1, 0.15) is 5.58 Å². The van der Waals surface area contributed by atoms with Crippen LogP contribution in [0.1, 0.15) is 24.0 Å². The number of ether oxygens (including phenoxy) is 1. The number of carbonyl (C=O) groups excluding carboxylic acids is 1. The molecule has 2 aliphatic heterocycles. The summed E-state index contributed by atoms with van der Waals surface area (Å²) >= 11 is 0. The Labute approximate surface area is 199 Å². The molecule has 0 unspecified atom stereocenters. The second-order valence-electron chi connectivity index (χ2n) is 8.88. The SMILES string of the molecule is Cc1ccc2c(CC(=O)Nc3cc(S(=O)(=O)N4CCOCC4)ccc3N3CCCC3)coc2c1. The minimum atomic E-state index is -3.67. The van der Waals surface area contributed by atoms with Crippen LogP contribution in [0.2, 0.25) is 0 Å². The zero-order valence-corrected chi connectivity index (χ0v) is 20.1. The number of anilines is 2. The molecule has 0 spiro atoms. The number of furan rings is 1. The Morgan fingerprint density at radius 1 is 1.03 bits per heavy atom. The molecule has 9 heteroatoms. The normalized spacial score (nSPS) is 17.4. The molecule has 0 radical (unpaired) electrons. The molecule has 180 valence electrons. The topological polar surface area (TPSA) is 92.1 Å². The second-order valence-corrected chi connectivity index (χ2v) is 10.8. The van der Waals surface area contributed by atoms with Gasteiger partial charge >= 0.3 is 0 Å². The van der Waals surface area contributed by atoms with Crippen LogP contribution >= 0.6 is 0 Å². The van der Waals surface area contributed by atoms with Crippen molar-refractivity contribution < 1.29 is 22.4 Å². The van der Waals surface area contributed by atoms with E-state index in [0.29, 0.717) is 32.0 Å². The summed E-state index contributed by atoms with van der Waals surface area (Å²) < 4.78 is 38.8. The van der Waals surface area contributed by atoms with Crippen LogP contribution in [0.3, 0.4) is 0 Å². The van der Waals surface area contributed by atoms with Crippen molar-refractivity contribution in [3.63, 3.8) is 0 Å². The molecule has 34 heavy (non-hydrogen) atoms. The number of hydrogen-bond donors (Lipinski definition) is 1. The van der Waals surface area contributed by atoms with Crippen LogP contribution in [0, 0.1) is 6.92 Å². The van der Waals surface area contributed by atoms with Gasteiger partial charge in [-0.2, -0.15) is 4.31 Å². The number of aryl methyl sites for hydroxylation is 1. The Morgan fingerprint density at radius 3 is 2.56 bits per heavy atom. The number of nitrogens with zero attached hydrogens (tertiary/aromatic N) is 2. The van der Waals surface area contributed by atoms with Crippen LogP contribution in [-0.2, 0) is 26.0 Å². The first-order chi connectivity index (χ1) is 16.4. The maximum absolute atomic E-state index is 13.2. The van der Waals surface area contributed by atoms with Crippen molar-refractivity contribution in [3.8, 4) is 0 Å². The molecule has 0 bridgehead atoms. The summed E-state index contributed by atoms with van der Waals surface area (Å²) in [5, 5.41) is 3.89. The van der Waals surface area contributed by atoms with E-state index in [9.17, 15) is 13.2 Å². The maximum Gasteiger partial charge on any atom is 0.243 e. The molecule has 0 atom stereocenters. The third kappa shape index (κ3) is 4.55. The lowest BCUT2D eigenvalue weighted by Gasteiger charge is -2.27. The Balaban J connectivity index is 1.43. The first-order valence-electron chi connectivity index (χ1n) is 11.7. The number of nitrogens with one attached hydrogen (secondary N) is 1. The third-order valence-corrected chi connectivity index (χ3v) is 8.35. The smallest absolute Gasteiger partial charge is 0.243 e. The van der Waals surface area contributed by atoms with E-state index in [2.05, 4.69) is 10.2 Å². The molecule has 2 aromatic carbocycles. The van der Waals surface area contributed by atoms with Crippen LogP contribution in [0.25, 0.3) is 11.0 Å². The van der Waals surface area contributed by atoms with Crippen molar-refractivity contribution in [2.75, 3.05) is 49.6 Å². The van der Waals surface area contributed by atoms with Crippen molar-refractivity contribution in [1.29, 1.82) is 0 Å². The standard InChI is InChI=1S/C25H29N3O5S/c1-18-4-6-21-19(17-33-24(21)14-18)15-25(29)26-22-16-20(5-7-23(22)27-8-2-3-9-27)34(30,31)28-10-12-32-13-11-28/h4-7,14,16-17H,2-3,8-13,15H2,1H3,(H,26,29). The van der Waals surface area contributed by atoms with E-state index in [1.54, 1.807) is 18.4 Å². The van der Waals surface area contributed by atoms with E-state index in [1.165, 1.54) is 4.31 Å². The second kappa shape index (κ2) is 9.40. The summed E-state index contributed by atoms with van der Waals surface area (Å²) in [4.78, 5) is 15.4. The zero-order chi connectivity index (χ0) is 23.7. The molecule has 8 nitrogen and oxygen atoms in total. The molecule has 0 saturated carbocycles. The average molecular weight is 484 g/mol. The van der Waals surface area contributed by atoms with Gasteiger partial charge in [0.05, 0.1) is 42.2 Å². The minimum absolute atomic E-state index is 0.135. The number of amides is 1. The number of benzene rings is 2. The fourth-order valence-electron chi connectivity index (χ4n) is 4.64. The molecular weight excluding hydrogens is 454 g/mol. The molecule has 0 aliphatic carbocycles. The van der Waals surface area contributed by atoms with Gasteiger partial charge in [0.2, 0.25) is 15.9 Å². The first-order valence-corrected chi connectivity index (χ1v) is 13.1. The largest absolute Gasteiger partial charge is 0.464 e. The lowest BCUT2D eigenvalue weighted by Crippen LogP contribution is -2.40. The van der Waals surface area contributed by atoms with Gasteiger partial charge in [0.15, 0.2) is 0 Å². The summed E-state index contributed by atoms with van der Waals surface area (Å²) in [6, 6.07) is 10.9. The van der Waals surface area contributed by atoms with E-state index in [0.717, 1.165) is 53.7 Å². The highest BCUT2D eigenvalue weighted by Gasteiger charge is 2.28. The lowest BCUT2D eigenvalue weighted by atomic mass is 10.1. The molecule has 2 saturated heterocycles. The van der Waals surface area contributed by atoms with E-state index >= 15 is 0 Å². The molecule has 1 aromatic heterocycles. The average Bonchev–Trinajstić information content (AvgIpc) is 3.50. The van der Waals surface area contributed by atoms with Crippen LogP contribution in [-0.4, -0.2) is 58.0 Å². The predicted octanol–water partition coefficient (Wildman–Crippen LogP) is 3.54. The third-order valence-electron chi connectivity index (χ3n) is 6.46. The fraction of sp³-hybridized carbons (Fsp3) is 0.400. The van der Waals surface area contributed by atoms with Gasteiger partial charge in [-0.05, 0) is 49.6 Å². The number of fused-ring (bicyclic) bond motifs is 1. The van der Waals surface area contributed by atoms with Crippen LogP contribution < -0.4 is 10.2 Å². The summed E-state index contributed by atoms with van der Waals surface area (Å²) in [6.45, 7) is 5.16. The minimum Gasteiger partial charge on any atom is -0.464 e. The molecule has 1 N–H and O–H groups in total. The molecule has 2 fully saturated rings. The summed E-state index contributed by atoms with van der Waals surface area (Å²) in [6.07, 6.45) is 3.89. The summed E-state index contributed by atoms with van der Waals surface area (Å²) in [5.74, 6) is -0.218. The van der Waals surface area contributed by atoms with Gasteiger partial charge in [-0.3, -0.25) is 4.79 Å². The zero-order valence-electron chi connectivity index (χ0n) is 19.2. The van der Waals surface area contributed by atoms with Gasteiger partial charge < -0.3 is 19.4 Å². The van der Waals surface area contributed by atoms with Crippen molar-refractivity contribution in [1.82, 2.24) is 4.31 Å². The lowest BCUT2D eigenvalue weighted by molar-refractivity contribution is -0.115. The summed E-state index contributed by atoms with van der Waals surface area (Å²) in [7, 11) is -3.67. The Kier molecular flexibility index (Phi) is 6.33. The molecule has 5 rings (SSSR count). The van der Waals surface area contributed by atoms with Crippen molar-refractivity contribution in [2.45, 2.75) is 31.1 Å². The maximum atomic E-state index is 13.2. The van der Waals surface area contributed by atoms with Crippen LogP contribution in [0.15, 0.2) is 52.0 Å². The van der Waals surface area contributed by atoms with Gasteiger partial charge in [-0.25, -0.2) is 8.42 Å². The number of morpholine rings is 1. The van der Waals surface area contributed by atoms with Gasteiger partial charge in [-0.1, -0.05) is 12.1 Å². The Hall–Kier alpha value is -2.88. The monoisotopic (exact) mass is 483 g/mol. The molecule has 2 aliphatic rings. The van der Waals surface area contributed by atoms with Gasteiger partial charge in [-0.15, -0.1) is 0 Å². The Morgan fingerprint density at radius 2 is 1.79 bits per heavy atom.